The van der Waals surface area contributed by atoms with Crippen LogP contribution >= 0.6 is 0 Å². The summed E-state index contributed by atoms with van der Waals surface area (Å²) in [5.74, 6) is 0. The van der Waals surface area contributed by atoms with Crippen LogP contribution in [-0.2, 0) is 0 Å². The maximum absolute atomic E-state index is 5.38. The fourth-order valence-corrected chi connectivity index (χ4v) is 1.31. The number of nitrogens with two attached hydrogens (primary N) is 1. The molecule has 0 aliphatic heterocycles. The Morgan fingerprint density at radius 2 is 2.17 bits per heavy atom. The van der Waals surface area contributed by atoms with Gasteiger partial charge in [0.05, 0.1) is 0 Å². The molecule has 3 nitrogen and oxygen atoms in total. The van der Waals surface area contributed by atoms with Crippen LogP contribution in [0.3, 0.4) is 0 Å². The summed E-state index contributed by atoms with van der Waals surface area (Å²) >= 11 is 0. The zero-order valence-corrected chi connectivity index (χ0v) is 8.05. The van der Waals surface area contributed by atoms with Crippen molar-refractivity contribution in [3.8, 4) is 0 Å². The summed E-state index contributed by atoms with van der Waals surface area (Å²) in [6.07, 6.45) is 3.89. The monoisotopic (exact) mass is 171 g/mol. The Morgan fingerprint density at radius 1 is 1.42 bits per heavy atom. The van der Waals surface area contributed by atoms with Gasteiger partial charge in [-0.05, 0) is 39.4 Å². The predicted octanol–water partition coefficient (Wildman–Crippen LogP) is 0.0190. The average molecular weight is 171 g/mol. The molecule has 0 aromatic carbocycles. The molecule has 0 atom stereocenters. The molecule has 3 heteroatoms. The van der Waals surface area contributed by atoms with Crippen molar-refractivity contribution in [3.63, 3.8) is 0 Å². The van der Waals surface area contributed by atoms with E-state index < -0.39 is 0 Å². The number of rotatable bonds is 7. The summed E-state index contributed by atoms with van der Waals surface area (Å²) in [5, 5.41) is 3.38. The van der Waals surface area contributed by atoms with Gasteiger partial charge in [0.25, 0.3) is 0 Å². The maximum Gasteiger partial charge on any atom is 0.0107 e. The average Bonchev–Trinajstić information content (AvgIpc) is 2.86. The Hall–Kier alpha value is -0.120. The fourth-order valence-electron chi connectivity index (χ4n) is 1.31. The molecule has 0 saturated heterocycles. The summed E-state index contributed by atoms with van der Waals surface area (Å²) < 4.78 is 0. The normalized spacial score (nSPS) is 17.2. The van der Waals surface area contributed by atoms with Crippen LogP contribution in [0.5, 0.6) is 0 Å². The molecule has 12 heavy (non-hydrogen) atoms. The molecule has 1 aliphatic rings. The molecule has 1 fully saturated rings. The highest BCUT2D eigenvalue weighted by molar-refractivity contribution is 4.82. The summed E-state index contributed by atoms with van der Waals surface area (Å²) in [6.45, 7) is 4.14. The van der Waals surface area contributed by atoms with Crippen molar-refractivity contribution in [1.29, 1.82) is 0 Å². The number of nitrogens with zero attached hydrogens (tertiary/aromatic N) is 1. The smallest absolute Gasteiger partial charge is 0.0107 e. The molecular formula is C9H21N3. The van der Waals surface area contributed by atoms with Gasteiger partial charge >= 0.3 is 0 Å². The van der Waals surface area contributed by atoms with Crippen LogP contribution in [0, 0.1) is 0 Å². The van der Waals surface area contributed by atoms with Crippen molar-refractivity contribution in [2.45, 2.75) is 25.3 Å². The van der Waals surface area contributed by atoms with E-state index in [2.05, 4.69) is 17.3 Å². The molecule has 0 bridgehead atoms. The zero-order valence-electron chi connectivity index (χ0n) is 8.05. The lowest BCUT2D eigenvalue weighted by molar-refractivity contribution is 0.322. The van der Waals surface area contributed by atoms with Gasteiger partial charge in [0, 0.05) is 19.1 Å². The highest BCUT2D eigenvalue weighted by Crippen LogP contribution is 2.24. The van der Waals surface area contributed by atoms with E-state index in [0.29, 0.717) is 0 Å². The third-order valence-corrected chi connectivity index (χ3v) is 2.37. The van der Waals surface area contributed by atoms with Crippen LogP contribution in [-0.4, -0.2) is 44.2 Å². The molecule has 1 rings (SSSR count). The van der Waals surface area contributed by atoms with E-state index in [9.17, 15) is 0 Å². The molecule has 0 aromatic heterocycles. The molecule has 3 N–H and O–H groups in total. The minimum absolute atomic E-state index is 0.797. The molecule has 1 saturated carbocycles. The second kappa shape index (κ2) is 5.51. The van der Waals surface area contributed by atoms with Crippen molar-refractivity contribution in [2.75, 3.05) is 33.2 Å². The van der Waals surface area contributed by atoms with Gasteiger partial charge in [-0.25, -0.2) is 0 Å². The van der Waals surface area contributed by atoms with Gasteiger partial charge < -0.3 is 16.0 Å². The Labute approximate surface area is 75.3 Å². The highest BCUT2D eigenvalue weighted by atomic mass is 15.2. The third kappa shape index (κ3) is 4.04. The Balaban J connectivity index is 1.81. The molecule has 0 radical (unpaired) electrons. The molecule has 72 valence electrons. The largest absolute Gasteiger partial charge is 0.330 e. The van der Waals surface area contributed by atoms with E-state index in [0.717, 1.165) is 32.1 Å². The van der Waals surface area contributed by atoms with Crippen molar-refractivity contribution in [2.24, 2.45) is 5.73 Å². The van der Waals surface area contributed by atoms with Crippen LogP contribution < -0.4 is 11.1 Å². The molecule has 1 aliphatic carbocycles. The SMILES string of the molecule is CN(CCNCCCN)C1CC1. The summed E-state index contributed by atoms with van der Waals surface area (Å²) in [6, 6.07) is 0.890. The molecule has 0 heterocycles. The molecule has 0 unspecified atom stereocenters. The minimum atomic E-state index is 0.797. The minimum Gasteiger partial charge on any atom is -0.330 e. The Kier molecular flexibility index (Phi) is 4.58. The van der Waals surface area contributed by atoms with E-state index >= 15 is 0 Å². The predicted molar refractivity (Wildman–Crippen MR) is 52.2 cm³/mol. The lowest BCUT2D eigenvalue weighted by Crippen LogP contribution is -2.31. The van der Waals surface area contributed by atoms with E-state index in [1.165, 1.54) is 19.4 Å². The number of hydrogen-bond donors (Lipinski definition) is 2. The standard InChI is InChI=1S/C9H21N3/c1-12(9-3-4-9)8-7-11-6-2-5-10/h9,11H,2-8,10H2,1H3. The summed E-state index contributed by atoms with van der Waals surface area (Å²) in [7, 11) is 2.21. The van der Waals surface area contributed by atoms with Crippen LogP contribution in [0.25, 0.3) is 0 Å². The summed E-state index contributed by atoms with van der Waals surface area (Å²) in [4.78, 5) is 2.44. The molecule has 0 amide bonds. The van der Waals surface area contributed by atoms with Gasteiger partial charge in [-0.3, -0.25) is 0 Å². The first-order valence-electron chi connectivity index (χ1n) is 4.95. The topological polar surface area (TPSA) is 41.3 Å². The first-order valence-corrected chi connectivity index (χ1v) is 4.95. The van der Waals surface area contributed by atoms with Crippen molar-refractivity contribution in [3.05, 3.63) is 0 Å². The highest BCUT2D eigenvalue weighted by Gasteiger charge is 2.25. The molecule has 0 spiro atoms. The van der Waals surface area contributed by atoms with E-state index in [-0.39, 0.29) is 0 Å². The van der Waals surface area contributed by atoms with Crippen molar-refractivity contribution < 1.29 is 0 Å². The van der Waals surface area contributed by atoms with E-state index in [4.69, 9.17) is 5.73 Å². The van der Waals surface area contributed by atoms with Gasteiger partial charge in [-0.2, -0.15) is 0 Å². The van der Waals surface area contributed by atoms with Gasteiger partial charge in [0.2, 0.25) is 0 Å². The van der Waals surface area contributed by atoms with Gasteiger partial charge in [0.1, 0.15) is 0 Å². The number of hydrogen-bond acceptors (Lipinski definition) is 3. The second-order valence-corrected chi connectivity index (χ2v) is 3.60. The van der Waals surface area contributed by atoms with Crippen molar-refractivity contribution >= 4 is 0 Å². The molecular weight excluding hydrogens is 150 g/mol. The lowest BCUT2D eigenvalue weighted by Gasteiger charge is -2.15. The van der Waals surface area contributed by atoms with Crippen LogP contribution in [0.4, 0.5) is 0 Å². The lowest BCUT2D eigenvalue weighted by atomic mass is 10.4. The Morgan fingerprint density at radius 3 is 2.75 bits per heavy atom. The van der Waals surface area contributed by atoms with Crippen LogP contribution in [0.2, 0.25) is 0 Å². The quantitative estimate of drug-likeness (QED) is 0.531. The van der Waals surface area contributed by atoms with Crippen molar-refractivity contribution in [1.82, 2.24) is 10.2 Å². The molecule has 0 aromatic rings. The second-order valence-electron chi connectivity index (χ2n) is 3.60. The maximum atomic E-state index is 5.38. The first kappa shape index (κ1) is 9.96. The van der Waals surface area contributed by atoms with Crippen LogP contribution in [0.15, 0.2) is 0 Å². The summed E-state index contributed by atoms with van der Waals surface area (Å²) in [5.41, 5.74) is 5.38. The fraction of sp³-hybridized carbons (Fsp3) is 1.00. The Bertz CT molecular complexity index is 112. The third-order valence-electron chi connectivity index (χ3n) is 2.37. The van der Waals surface area contributed by atoms with E-state index in [1.54, 1.807) is 0 Å². The van der Waals surface area contributed by atoms with Crippen LogP contribution in [0.1, 0.15) is 19.3 Å². The van der Waals surface area contributed by atoms with Gasteiger partial charge in [0.15, 0.2) is 0 Å². The van der Waals surface area contributed by atoms with Gasteiger partial charge in [-0.15, -0.1) is 0 Å². The zero-order chi connectivity index (χ0) is 8.81. The van der Waals surface area contributed by atoms with E-state index in [1.807, 2.05) is 0 Å². The number of nitrogens with one attached hydrogen (secondary N) is 1. The first-order chi connectivity index (χ1) is 5.84. The van der Waals surface area contributed by atoms with Gasteiger partial charge in [-0.1, -0.05) is 0 Å². The number of likely N-dealkylation sites (N-methyl/N-ethyl adjacent to an activating group) is 1.